The quantitative estimate of drug-likeness (QED) is 0.757. The molecule has 0 radical (unpaired) electrons. The monoisotopic (exact) mass is 410 g/mol. The Kier molecular flexibility index (Phi) is 6.59. The fourth-order valence-corrected chi connectivity index (χ4v) is 4.30. The van der Waals surface area contributed by atoms with Crippen LogP contribution in [0.25, 0.3) is 0 Å². The van der Waals surface area contributed by atoms with Crippen molar-refractivity contribution in [1.82, 2.24) is 9.88 Å². The van der Waals surface area contributed by atoms with Gasteiger partial charge in [-0.15, -0.1) is 11.8 Å². The molecule has 6 nitrogen and oxygen atoms in total. The molecule has 3 rings (SSSR count). The van der Waals surface area contributed by atoms with Crippen LogP contribution in [0.5, 0.6) is 0 Å². The number of carbonyl (C=O) groups excluding carboxylic acids is 2. The van der Waals surface area contributed by atoms with E-state index in [1.807, 2.05) is 68.1 Å². The summed E-state index contributed by atoms with van der Waals surface area (Å²) in [5.41, 5.74) is 3.95. The lowest BCUT2D eigenvalue weighted by Crippen LogP contribution is -2.34. The highest BCUT2D eigenvalue weighted by Crippen LogP contribution is 2.34. The van der Waals surface area contributed by atoms with Gasteiger partial charge >= 0.3 is 0 Å². The molecule has 2 aromatic rings. The minimum Gasteiger partial charge on any atom is -0.378 e. The number of thioether (sulfide) groups is 1. The number of amides is 2. The van der Waals surface area contributed by atoms with Crippen molar-refractivity contribution in [3.63, 3.8) is 0 Å². The first-order valence-corrected chi connectivity index (χ1v) is 10.5. The third-order valence-corrected chi connectivity index (χ3v) is 6.29. The lowest BCUT2D eigenvalue weighted by Gasteiger charge is -2.26. The van der Waals surface area contributed by atoms with Crippen LogP contribution in [0.15, 0.2) is 59.8 Å². The zero-order valence-corrected chi connectivity index (χ0v) is 18.0. The van der Waals surface area contributed by atoms with Crippen molar-refractivity contribution >= 4 is 35.1 Å². The number of carbonyl (C=O) groups is 2. The highest BCUT2D eigenvalue weighted by Gasteiger charge is 2.35. The number of benzene rings is 1. The largest absolute Gasteiger partial charge is 0.378 e. The van der Waals surface area contributed by atoms with E-state index in [9.17, 15) is 9.59 Å². The van der Waals surface area contributed by atoms with Crippen LogP contribution in [0.4, 0.5) is 11.5 Å². The molecule has 1 aliphatic rings. The molecule has 7 heteroatoms. The van der Waals surface area contributed by atoms with Gasteiger partial charge in [0.05, 0.1) is 5.75 Å². The molecule has 1 aromatic heterocycles. The summed E-state index contributed by atoms with van der Waals surface area (Å²) in [5, 5.41) is 2.64. The molecule has 2 amide bonds. The van der Waals surface area contributed by atoms with Crippen molar-refractivity contribution in [3.8, 4) is 0 Å². The van der Waals surface area contributed by atoms with Crippen LogP contribution in [0.2, 0.25) is 0 Å². The maximum absolute atomic E-state index is 12.8. The maximum atomic E-state index is 12.8. The van der Waals surface area contributed by atoms with Crippen LogP contribution in [0.1, 0.15) is 19.4 Å². The number of hydrogen-bond acceptors (Lipinski definition) is 5. The Morgan fingerprint density at radius 1 is 1.17 bits per heavy atom. The van der Waals surface area contributed by atoms with Crippen LogP contribution in [-0.4, -0.2) is 46.9 Å². The first-order chi connectivity index (χ1) is 13.9. The summed E-state index contributed by atoms with van der Waals surface area (Å²) in [6.07, 6.45) is 1.64. The molecule has 1 atom stereocenters. The molecule has 0 saturated heterocycles. The normalized spacial score (nSPS) is 16.3. The minimum atomic E-state index is -0.148. The van der Waals surface area contributed by atoms with Crippen molar-refractivity contribution in [1.29, 1.82) is 0 Å². The average Bonchev–Trinajstić information content (AvgIpc) is 2.91. The summed E-state index contributed by atoms with van der Waals surface area (Å²) in [4.78, 5) is 33.1. The van der Waals surface area contributed by atoms with Gasteiger partial charge in [-0.3, -0.25) is 9.59 Å². The topological polar surface area (TPSA) is 65.5 Å². The Hall–Kier alpha value is -2.80. The van der Waals surface area contributed by atoms with E-state index in [1.54, 1.807) is 18.3 Å². The molecule has 152 valence electrons. The van der Waals surface area contributed by atoms with Crippen molar-refractivity contribution in [2.24, 2.45) is 0 Å². The molecule has 1 aliphatic heterocycles. The molecule has 1 unspecified atom stereocenters. The second-order valence-corrected chi connectivity index (χ2v) is 8.30. The number of nitrogens with zero attached hydrogens (tertiary/aromatic N) is 3. The minimum absolute atomic E-state index is 0.0295. The van der Waals surface area contributed by atoms with Gasteiger partial charge in [0.25, 0.3) is 5.91 Å². The number of aromatic nitrogens is 1. The van der Waals surface area contributed by atoms with Crippen LogP contribution >= 0.6 is 11.8 Å². The van der Waals surface area contributed by atoms with E-state index in [0.717, 1.165) is 22.4 Å². The molecular formula is C22H26N4O2S. The van der Waals surface area contributed by atoms with Crippen LogP contribution in [0.3, 0.4) is 0 Å². The van der Waals surface area contributed by atoms with E-state index in [2.05, 4.69) is 10.3 Å². The summed E-state index contributed by atoms with van der Waals surface area (Å²) in [6, 6.07) is 13.6. The Balaban J connectivity index is 1.66. The van der Waals surface area contributed by atoms with Crippen LogP contribution < -0.4 is 10.2 Å². The van der Waals surface area contributed by atoms with E-state index >= 15 is 0 Å². The summed E-state index contributed by atoms with van der Waals surface area (Å²) < 4.78 is 0. The van der Waals surface area contributed by atoms with Gasteiger partial charge in [0, 0.05) is 38.1 Å². The van der Waals surface area contributed by atoms with E-state index in [1.165, 1.54) is 11.8 Å². The van der Waals surface area contributed by atoms with Crippen molar-refractivity contribution in [3.05, 3.63) is 65.4 Å². The van der Waals surface area contributed by atoms with E-state index in [4.69, 9.17) is 0 Å². The molecule has 0 spiro atoms. The number of nitrogens with one attached hydrogen (secondary N) is 1. The molecular weight excluding hydrogens is 384 g/mol. The lowest BCUT2D eigenvalue weighted by atomic mass is 10.2. The highest BCUT2D eigenvalue weighted by atomic mass is 32.2. The Morgan fingerprint density at radius 2 is 1.90 bits per heavy atom. The van der Waals surface area contributed by atoms with E-state index < -0.39 is 0 Å². The molecule has 1 N–H and O–H groups in total. The third-order valence-electron chi connectivity index (χ3n) is 4.94. The predicted molar refractivity (Wildman–Crippen MR) is 119 cm³/mol. The first kappa shape index (κ1) is 20.9. The fraction of sp³-hybridized carbons (Fsp3) is 0.318. The van der Waals surface area contributed by atoms with Gasteiger partial charge in [-0.05, 0) is 49.2 Å². The highest BCUT2D eigenvalue weighted by molar-refractivity contribution is 8.00. The third kappa shape index (κ3) is 4.98. The molecule has 1 aromatic carbocycles. The zero-order valence-electron chi connectivity index (χ0n) is 17.2. The van der Waals surface area contributed by atoms with E-state index in [-0.39, 0.29) is 22.9 Å². The number of pyridine rings is 1. The molecule has 0 aliphatic carbocycles. The fourth-order valence-electron chi connectivity index (χ4n) is 3.15. The SMILES string of the molecule is CC1=C(C)C(SCC(=O)Nc2ccccn2)N(Cc2ccc(N(C)C)cc2)C1=O. The number of rotatable bonds is 7. The molecule has 2 heterocycles. The summed E-state index contributed by atoms with van der Waals surface area (Å²) >= 11 is 1.46. The second-order valence-electron chi connectivity index (χ2n) is 7.23. The van der Waals surface area contributed by atoms with Gasteiger partial charge in [0.15, 0.2) is 0 Å². The average molecular weight is 411 g/mol. The molecule has 29 heavy (non-hydrogen) atoms. The van der Waals surface area contributed by atoms with Gasteiger partial charge in [0.2, 0.25) is 5.91 Å². The van der Waals surface area contributed by atoms with Crippen molar-refractivity contribution < 1.29 is 9.59 Å². The smallest absolute Gasteiger partial charge is 0.251 e. The number of anilines is 2. The predicted octanol–water partition coefficient (Wildman–Crippen LogP) is 3.52. The second kappa shape index (κ2) is 9.13. The lowest BCUT2D eigenvalue weighted by molar-refractivity contribution is -0.126. The first-order valence-electron chi connectivity index (χ1n) is 9.44. The summed E-state index contributed by atoms with van der Waals surface area (Å²) in [7, 11) is 4.00. The molecule has 0 fully saturated rings. The van der Waals surface area contributed by atoms with Gasteiger partial charge in [-0.1, -0.05) is 18.2 Å². The van der Waals surface area contributed by atoms with Crippen molar-refractivity contribution in [2.45, 2.75) is 25.8 Å². The molecule has 0 bridgehead atoms. The molecule has 0 saturated carbocycles. The number of hydrogen-bond donors (Lipinski definition) is 1. The van der Waals surface area contributed by atoms with Gasteiger partial charge in [-0.25, -0.2) is 4.98 Å². The Morgan fingerprint density at radius 3 is 2.52 bits per heavy atom. The van der Waals surface area contributed by atoms with Crippen LogP contribution in [0, 0.1) is 0 Å². The Bertz CT molecular complexity index is 910. The summed E-state index contributed by atoms with van der Waals surface area (Å²) in [5.74, 6) is 0.673. The standard InChI is InChI=1S/C22H26N4O2S/c1-15-16(2)22(29-14-20(27)24-19-7-5-6-12-23-19)26(21(15)28)13-17-8-10-18(11-9-17)25(3)4/h5-12,22H,13-14H2,1-4H3,(H,23,24,27). The van der Waals surface area contributed by atoms with Gasteiger partial charge < -0.3 is 15.1 Å². The zero-order chi connectivity index (χ0) is 21.0. The van der Waals surface area contributed by atoms with Crippen molar-refractivity contribution in [2.75, 3.05) is 30.1 Å². The van der Waals surface area contributed by atoms with Gasteiger partial charge in [-0.2, -0.15) is 0 Å². The summed E-state index contributed by atoms with van der Waals surface area (Å²) in [6.45, 7) is 4.34. The van der Waals surface area contributed by atoms with Gasteiger partial charge in [0.1, 0.15) is 11.2 Å². The maximum Gasteiger partial charge on any atom is 0.251 e. The van der Waals surface area contributed by atoms with Crippen LogP contribution in [-0.2, 0) is 16.1 Å². The Labute approximate surface area is 176 Å². The van der Waals surface area contributed by atoms with E-state index in [0.29, 0.717) is 12.4 Å².